The molecule has 2 aromatic rings. The zero-order chi connectivity index (χ0) is 22.7. The molecule has 0 bridgehead atoms. The first-order valence-electron chi connectivity index (χ1n) is 9.16. The van der Waals surface area contributed by atoms with E-state index in [0.29, 0.717) is 11.4 Å². The van der Waals surface area contributed by atoms with Gasteiger partial charge in [-0.15, -0.1) is 0 Å². The van der Waals surface area contributed by atoms with Crippen molar-refractivity contribution in [2.45, 2.75) is 11.3 Å². The van der Waals surface area contributed by atoms with Crippen LogP contribution in [0.15, 0.2) is 53.4 Å². The van der Waals surface area contributed by atoms with Crippen molar-refractivity contribution in [1.29, 1.82) is 5.26 Å². The molecule has 0 fully saturated rings. The van der Waals surface area contributed by atoms with Crippen LogP contribution in [-0.2, 0) is 19.5 Å². The van der Waals surface area contributed by atoms with E-state index in [-0.39, 0.29) is 36.6 Å². The number of rotatable bonds is 10. The van der Waals surface area contributed by atoms with E-state index >= 15 is 0 Å². The van der Waals surface area contributed by atoms with E-state index in [1.807, 2.05) is 6.07 Å². The average molecular weight is 446 g/mol. The predicted octanol–water partition coefficient (Wildman–Crippen LogP) is 2.33. The van der Waals surface area contributed by atoms with Crippen molar-refractivity contribution >= 4 is 33.4 Å². The summed E-state index contributed by atoms with van der Waals surface area (Å²) in [5.74, 6) is -0.457. The van der Waals surface area contributed by atoms with Crippen molar-refractivity contribution in [1.82, 2.24) is 4.72 Å². The van der Waals surface area contributed by atoms with Crippen molar-refractivity contribution in [2.24, 2.45) is 0 Å². The third-order valence-electron chi connectivity index (χ3n) is 3.84. The number of hydrogen-bond donors (Lipinski definition) is 3. The topological polar surface area (TPSA) is 147 Å². The van der Waals surface area contributed by atoms with Gasteiger partial charge in [0.15, 0.2) is 0 Å². The Kier molecular flexibility index (Phi) is 8.95. The lowest BCUT2D eigenvalue weighted by molar-refractivity contribution is 0.102. The summed E-state index contributed by atoms with van der Waals surface area (Å²) in [6.07, 6.45) is -0.598. The molecular weight excluding hydrogens is 424 g/mol. The lowest BCUT2D eigenvalue weighted by atomic mass is 10.2. The van der Waals surface area contributed by atoms with Crippen molar-refractivity contribution < 1.29 is 27.5 Å². The van der Waals surface area contributed by atoms with Gasteiger partial charge in [0.05, 0.1) is 17.6 Å². The van der Waals surface area contributed by atoms with E-state index in [2.05, 4.69) is 15.4 Å². The minimum atomic E-state index is -3.75. The van der Waals surface area contributed by atoms with Crippen molar-refractivity contribution in [3.63, 3.8) is 0 Å². The van der Waals surface area contributed by atoms with Crippen LogP contribution in [0.25, 0.3) is 0 Å². The molecule has 10 nitrogen and oxygen atoms in total. The van der Waals surface area contributed by atoms with Crippen LogP contribution in [0.1, 0.15) is 16.8 Å². The van der Waals surface area contributed by atoms with Gasteiger partial charge >= 0.3 is 6.09 Å². The second-order valence-corrected chi connectivity index (χ2v) is 7.89. The monoisotopic (exact) mass is 446 g/mol. The third kappa shape index (κ3) is 7.71. The third-order valence-corrected chi connectivity index (χ3v) is 5.32. The molecule has 2 rings (SSSR count). The van der Waals surface area contributed by atoms with Gasteiger partial charge in [0.2, 0.25) is 10.0 Å². The number of hydrogen-bond acceptors (Lipinski definition) is 7. The molecule has 0 saturated heterocycles. The van der Waals surface area contributed by atoms with Crippen LogP contribution >= 0.6 is 0 Å². The first-order valence-corrected chi connectivity index (χ1v) is 10.6. The van der Waals surface area contributed by atoms with Gasteiger partial charge in [-0.05, 0) is 42.5 Å². The molecule has 0 aromatic heterocycles. The van der Waals surface area contributed by atoms with Gasteiger partial charge in [0.1, 0.15) is 6.61 Å². The molecule has 0 spiro atoms. The summed E-state index contributed by atoms with van der Waals surface area (Å²) in [6, 6.07) is 13.7. The van der Waals surface area contributed by atoms with Gasteiger partial charge < -0.3 is 14.8 Å². The lowest BCUT2D eigenvalue weighted by Crippen LogP contribution is -2.24. The highest BCUT2D eigenvalue weighted by Gasteiger charge is 2.14. The molecule has 11 heteroatoms. The number of nitriles is 1. The molecule has 164 valence electrons. The van der Waals surface area contributed by atoms with E-state index in [4.69, 9.17) is 14.7 Å². The maximum Gasteiger partial charge on any atom is 0.411 e. The Balaban J connectivity index is 1.99. The first-order chi connectivity index (χ1) is 14.9. The fraction of sp³-hybridized carbons (Fsp3) is 0.250. The van der Waals surface area contributed by atoms with Crippen molar-refractivity contribution in [3.8, 4) is 6.07 Å². The van der Waals surface area contributed by atoms with Crippen LogP contribution in [0.3, 0.4) is 0 Å². The summed E-state index contributed by atoms with van der Waals surface area (Å²) in [5, 5.41) is 13.7. The van der Waals surface area contributed by atoms with Gasteiger partial charge in [0.25, 0.3) is 5.91 Å². The Bertz CT molecular complexity index is 1050. The summed E-state index contributed by atoms with van der Waals surface area (Å²) in [5.41, 5.74) is 1.09. The number of ether oxygens (including phenoxy) is 2. The summed E-state index contributed by atoms with van der Waals surface area (Å²) in [6.45, 7) is 0.392. The number of carbonyl (C=O) groups excluding carboxylic acids is 2. The normalized spacial score (nSPS) is 10.7. The van der Waals surface area contributed by atoms with Crippen LogP contribution in [-0.4, -0.2) is 47.3 Å². The number of carbonyl (C=O) groups is 2. The molecule has 0 aliphatic heterocycles. The molecule has 2 aromatic carbocycles. The van der Waals surface area contributed by atoms with Crippen LogP contribution in [0.4, 0.5) is 16.2 Å². The Morgan fingerprint density at radius 2 is 1.71 bits per heavy atom. The van der Waals surface area contributed by atoms with E-state index in [0.717, 1.165) is 0 Å². The van der Waals surface area contributed by atoms with Crippen LogP contribution in [0.2, 0.25) is 0 Å². The second kappa shape index (κ2) is 11.7. The van der Waals surface area contributed by atoms with E-state index < -0.39 is 22.0 Å². The Hall–Kier alpha value is -3.46. The minimum Gasteiger partial charge on any atom is -0.447 e. The first kappa shape index (κ1) is 23.8. The van der Waals surface area contributed by atoms with Gasteiger partial charge in [-0.25, -0.2) is 17.9 Å². The fourth-order valence-electron chi connectivity index (χ4n) is 2.36. The zero-order valence-corrected chi connectivity index (χ0v) is 17.6. The van der Waals surface area contributed by atoms with Gasteiger partial charge in [-0.2, -0.15) is 5.26 Å². The molecule has 0 atom stereocenters. The van der Waals surface area contributed by atoms with Crippen LogP contribution in [0.5, 0.6) is 0 Å². The SMILES string of the molecule is COCCOC(=O)Nc1cccc(NC(=O)c2ccc(S(=O)(=O)NCCC#N)cc2)c1. The minimum absolute atomic E-state index is 0.00533. The predicted molar refractivity (Wildman–Crippen MR) is 113 cm³/mol. The zero-order valence-electron chi connectivity index (χ0n) is 16.8. The number of nitrogens with one attached hydrogen (secondary N) is 3. The highest BCUT2D eigenvalue weighted by Crippen LogP contribution is 2.17. The van der Waals surface area contributed by atoms with Gasteiger partial charge in [0, 0.05) is 37.0 Å². The lowest BCUT2D eigenvalue weighted by Gasteiger charge is -2.10. The number of amides is 2. The van der Waals surface area contributed by atoms with Gasteiger partial charge in [-0.1, -0.05) is 6.07 Å². The molecule has 0 aliphatic rings. The Labute approximate surface area is 180 Å². The van der Waals surface area contributed by atoms with Crippen LogP contribution in [0, 0.1) is 11.3 Å². The quantitative estimate of drug-likeness (QED) is 0.475. The molecule has 2 amide bonds. The molecule has 0 unspecified atom stereocenters. The van der Waals surface area contributed by atoms with E-state index in [1.165, 1.54) is 31.4 Å². The summed E-state index contributed by atoms with van der Waals surface area (Å²) >= 11 is 0. The second-order valence-electron chi connectivity index (χ2n) is 6.12. The maximum atomic E-state index is 12.5. The van der Waals surface area contributed by atoms with Crippen molar-refractivity contribution in [3.05, 3.63) is 54.1 Å². The van der Waals surface area contributed by atoms with E-state index in [9.17, 15) is 18.0 Å². The van der Waals surface area contributed by atoms with Gasteiger partial charge in [-0.3, -0.25) is 10.1 Å². The average Bonchev–Trinajstić information content (AvgIpc) is 2.74. The number of nitrogens with zero attached hydrogens (tertiary/aromatic N) is 1. The number of benzene rings is 2. The standard InChI is InChI=1S/C20H22N4O6S/c1-29-12-13-30-20(26)24-17-5-2-4-16(14-17)23-19(25)15-6-8-18(9-7-15)31(27,28)22-11-3-10-21/h2,4-9,14,22H,3,11-13H2,1H3,(H,23,25)(H,24,26). The molecule has 0 radical (unpaired) electrons. The maximum absolute atomic E-state index is 12.5. The fourth-order valence-corrected chi connectivity index (χ4v) is 3.39. The molecule has 3 N–H and O–H groups in total. The van der Waals surface area contributed by atoms with Crippen molar-refractivity contribution in [2.75, 3.05) is 37.5 Å². The Morgan fingerprint density at radius 1 is 1.03 bits per heavy atom. The molecule has 31 heavy (non-hydrogen) atoms. The summed E-state index contributed by atoms with van der Waals surface area (Å²) in [7, 11) is -2.26. The largest absolute Gasteiger partial charge is 0.447 e. The number of anilines is 2. The number of sulfonamides is 1. The van der Waals surface area contributed by atoms with Crippen LogP contribution < -0.4 is 15.4 Å². The summed E-state index contributed by atoms with van der Waals surface area (Å²) < 4.78 is 36.2. The smallest absolute Gasteiger partial charge is 0.411 e. The van der Waals surface area contributed by atoms with E-state index in [1.54, 1.807) is 24.3 Å². The molecule has 0 saturated carbocycles. The number of methoxy groups -OCH3 is 1. The highest BCUT2D eigenvalue weighted by atomic mass is 32.2. The molecule has 0 aliphatic carbocycles. The molecule has 0 heterocycles. The highest BCUT2D eigenvalue weighted by molar-refractivity contribution is 7.89. The Morgan fingerprint density at radius 3 is 2.35 bits per heavy atom. The molecular formula is C20H22N4O6S. The summed E-state index contributed by atoms with van der Waals surface area (Å²) in [4.78, 5) is 24.1.